The van der Waals surface area contributed by atoms with Crippen LogP contribution in [0.5, 0.6) is 0 Å². The van der Waals surface area contributed by atoms with Gasteiger partial charge in [-0.15, -0.1) is 0 Å². The molecule has 1 aromatic carbocycles. The number of nitrogens with two attached hydrogens (primary N) is 2. The molecule has 0 unspecified atom stereocenters. The van der Waals surface area contributed by atoms with Crippen molar-refractivity contribution in [1.29, 1.82) is 0 Å². The summed E-state index contributed by atoms with van der Waals surface area (Å²) >= 11 is 0. The lowest BCUT2D eigenvalue weighted by Gasteiger charge is -2.29. The number of carbonyl (C=O) groups is 1. The van der Waals surface area contributed by atoms with Crippen molar-refractivity contribution in [2.45, 2.75) is 13.3 Å². The molecule has 132 valence electrons. The molecule has 8 nitrogen and oxygen atoms in total. The van der Waals surface area contributed by atoms with Gasteiger partial charge in [-0.2, -0.15) is 0 Å². The van der Waals surface area contributed by atoms with Crippen molar-refractivity contribution in [3.8, 4) is 0 Å². The molecule has 0 aliphatic carbocycles. The molecule has 0 bridgehead atoms. The first kappa shape index (κ1) is 18.2. The quantitative estimate of drug-likeness (QED) is 0.547. The van der Waals surface area contributed by atoms with Crippen molar-refractivity contribution in [1.82, 2.24) is 10.2 Å². The molecule has 0 atom stereocenters. The maximum atomic E-state index is 11.6. The molecular formula is C17H23N7O. The molecule has 1 aromatic rings. The van der Waals surface area contributed by atoms with Crippen molar-refractivity contribution < 1.29 is 4.79 Å². The third-order valence-corrected chi connectivity index (χ3v) is 3.86. The second-order valence-electron chi connectivity index (χ2n) is 5.45. The largest absolute Gasteiger partial charge is 0.391 e. The summed E-state index contributed by atoms with van der Waals surface area (Å²) in [6.45, 7) is 2.70. The smallest absolute Gasteiger partial charge is 0.219 e. The molecule has 0 fully saturated rings. The molecule has 0 saturated heterocycles. The fourth-order valence-electron chi connectivity index (χ4n) is 2.50. The molecule has 25 heavy (non-hydrogen) atoms. The standard InChI is InChI=1S/C17H23N7O/c1-12(25)24-8-7-16(20-2)15(9-24)17(19)23-14-5-3-13(4-6-14)22-11-21-10-18/h3-6,10-11,20H,7-9H2,1-2H3,(H2,19,23)(H2,18,21,22). The number of carbonyl (C=O) groups excluding carboxylic acids is 1. The summed E-state index contributed by atoms with van der Waals surface area (Å²) in [5, 5.41) is 3.16. The third-order valence-electron chi connectivity index (χ3n) is 3.86. The Hall–Kier alpha value is -3.16. The number of hydrogen-bond donors (Lipinski definition) is 3. The molecule has 5 N–H and O–H groups in total. The van der Waals surface area contributed by atoms with E-state index in [9.17, 15) is 4.79 Å². The van der Waals surface area contributed by atoms with Crippen molar-refractivity contribution in [3.63, 3.8) is 0 Å². The van der Waals surface area contributed by atoms with Gasteiger partial charge in [0.15, 0.2) is 0 Å². The highest BCUT2D eigenvalue weighted by Crippen LogP contribution is 2.21. The van der Waals surface area contributed by atoms with E-state index in [-0.39, 0.29) is 5.91 Å². The van der Waals surface area contributed by atoms with E-state index in [1.165, 1.54) is 12.7 Å². The van der Waals surface area contributed by atoms with Gasteiger partial charge in [0.25, 0.3) is 0 Å². The van der Waals surface area contributed by atoms with Gasteiger partial charge in [0, 0.05) is 38.2 Å². The van der Waals surface area contributed by atoms with Gasteiger partial charge >= 0.3 is 0 Å². The van der Waals surface area contributed by atoms with E-state index in [1.54, 1.807) is 11.8 Å². The van der Waals surface area contributed by atoms with Gasteiger partial charge in [-0.1, -0.05) is 0 Å². The highest BCUT2D eigenvalue weighted by atomic mass is 16.2. The van der Waals surface area contributed by atoms with Gasteiger partial charge in [0.2, 0.25) is 5.91 Å². The summed E-state index contributed by atoms with van der Waals surface area (Å²) < 4.78 is 0. The van der Waals surface area contributed by atoms with Crippen LogP contribution in [0.3, 0.4) is 0 Å². The Balaban J connectivity index is 2.21. The van der Waals surface area contributed by atoms with Gasteiger partial charge in [0.05, 0.1) is 24.3 Å². The van der Waals surface area contributed by atoms with Gasteiger partial charge < -0.3 is 21.7 Å². The summed E-state index contributed by atoms with van der Waals surface area (Å²) in [4.78, 5) is 25.7. The van der Waals surface area contributed by atoms with Crippen LogP contribution >= 0.6 is 0 Å². The molecule has 1 aliphatic heterocycles. The van der Waals surface area contributed by atoms with Crippen molar-refractivity contribution in [3.05, 3.63) is 35.5 Å². The Morgan fingerprint density at radius 3 is 2.56 bits per heavy atom. The number of nitrogens with zero attached hydrogens (tertiary/aromatic N) is 4. The lowest BCUT2D eigenvalue weighted by Crippen LogP contribution is -2.40. The summed E-state index contributed by atoms with van der Waals surface area (Å²) in [7, 11) is 1.85. The molecule has 0 saturated carbocycles. The molecular weight excluding hydrogens is 318 g/mol. The van der Waals surface area contributed by atoms with Crippen LogP contribution in [0.4, 0.5) is 11.4 Å². The minimum Gasteiger partial charge on any atom is -0.391 e. The summed E-state index contributed by atoms with van der Waals surface area (Å²) in [5.41, 5.74) is 14.7. The maximum Gasteiger partial charge on any atom is 0.219 e. The van der Waals surface area contributed by atoms with E-state index in [2.05, 4.69) is 20.3 Å². The predicted octanol–water partition coefficient (Wildman–Crippen LogP) is 1.05. The number of amidine groups is 1. The first-order valence-electron chi connectivity index (χ1n) is 7.91. The number of amides is 1. The van der Waals surface area contributed by atoms with E-state index in [0.29, 0.717) is 24.6 Å². The van der Waals surface area contributed by atoms with E-state index >= 15 is 0 Å². The summed E-state index contributed by atoms with van der Waals surface area (Å²) in [5.74, 6) is 0.432. The Morgan fingerprint density at radius 1 is 1.28 bits per heavy atom. The Kier molecular flexibility index (Phi) is 6.27. The minimum atomic E-state index is 0.0304. The molecule has 0 aromatic heterocycles. The zero-order chi connectivity index (χ0) is 18.2. The van der Waals surface area contributed by atoms with Gasteiger partial charge in [0.1, 0.15) is 12.2 Å². The van der Waals surface area contributed by atoms with Crippen LogP contribution in [0.15, 0.2) is 50.5 Å². The second-order valence-corrected chi connectivity index (χ2v) is 5.45. The Labute approximate surface area is 147 Å². The van der Waals surface area contributed by atoms with E-state index in [1.807, 2.05) is 31.3 Å². The van der Waals surface area contributed by atoms with E-state index < -0.39 is 0 Å². The average Bonchev–Trinajstić information content (AvgIpc) is 2.62. The molecule has 1 aliphatic rings. The summed E-state index contributed by atoms with van der Waals surface area (Å²) in [6.07, 6.45) is 3.27. The monoisotopic (exact) mass is 341 g/mol. The van der Waals surface area contributed by atoms with Crippen molar-refractivity contribution >= 4 is 35.8 Å². The molecule has 0 radical (unpaired) electrons. The SMILES string of the molecule is CNC1=C(C(N)=Nc2ccc(N=CN=CN)cc2)CN(C(C)=O)CC1. The van der Waals surface area contributed by atoms with Gasteiger partial charge in [-0.25, -0.2) is 15.0 Å². The van der Waals surface area contributed by atoms with Crippen molar-refractivity contribution in [2.75, 3.05) is 20.1 Å². The lowest BCUT2D eigenvalue weighted by molar-refractivity contribution is -0.128. The van der Waals surface area contributed by atoms with Crippen LogP contribution in [0, 0.1) is 0 Å². The van der Waals surface area contributed by atoms with Crippen LogP contribution in [0.1, 0.15) is 13.3 Å². The molecule has 2 rings (SSSR count). The van der Waals surface area contributed by atoms with E-state index in [4.69, 9.17) is 11.5 Å². The fraction of sp³-hybridized carbons (Fsp3) is 0.294. The first-order chi connectivity index (χ1) is 12.0. The Morgan fingerprint density at radius 2 is 1.96 bits per heavy atom. The zero-order valence-corrected chi connectivity index (χ0v) is 14.4. The number of hydrogen-bond acceptors (Lipinski definition) is 4. The van der Waals surface area contributed by atoms with Crippen molar-refractivity contribution in [2.24, 2.45) is 26.4 Å². The number of benzene rings is 1. The molecule has 0 spiro atoms. The molecule has 8 heteroatoms. The molecule has 1 amide bonds. The fourth-order valence-corrected chi connectivity index (χ4v) is 2.50. The van der Waals surface area contributed by atoms with Crippen LogP contribution in [-0.4, -0.2) is 49.5 Å². The summed E-state index contributed by atoms with van der Waals surface area (Å²) in [6, 6.07) is 7.25. The topological polar surface area (TPSA) is 121 Å². The highest BCUT2D eigenvalue weighted by Gasteiger charge is 2.22. The lowest BCUT2D eigenvalue weighted by atomic mass is 10.0. The number of aliphatic imine (C=N–C) groups is 3. The second kappa shape index (κ2) is 8.62. The van der Waals surface area contributed by atoms with Gasteiger partial charge in [-0.05, 0) is 24.3 Å². The normalized spacial score (nSPS) is 16.1. The minimum absolute atomic E-state index is 0.0304. The first-order valence-corrected chi connectivity index (χ1v) is 7.91. The number of rotatable bonds is 5. The van der Waals surface area contributed by atoms with Crippen LogP contribution in [0.2, 0.25) is 0 Å². The zero-order valence-electron chi connectivity index (χ0n) is 14.4. The number of nitrogens with one attached hydrogen (secondary N) is 1. The maximum absolute atomic E-state index is 11.6. The van der Waals surface area contributed by atoms with Crippen LogP contribution in [-0.2, 0) is 4.79 Å². The highest BCUT2D eigenvalue weighted by molar-refractivity contribution is 6.00. The van der Waals surface area contributed by atoms with Gasteiger partial charge in [-0.3, -0.25) is 4.79 Å². The van der Waals surface area contributed by atoms with Crippen LogP contribution in [0.25, 0.3) is 0 Å². The Bertz CT molecular complexity index is 732. The average molecular weight is 341 g/mol. The predicted molar refractivity (Wildman–Crippen MR) is 102 cm³/mol. The van der Waals surface area contributed by atoms with Crippen LogP contribution < -0.4 is 16.8 Å². The third kappa shape index (κ3) is 4.90. The van der Waals surface area contributed by atoms with E-state index in [0.717, 1.165) is 23.4 Å². The molecule has 1 heterocycles.